The highest BCUT2D eigenvalue weighted by molar-refractivity contribution is 5.97. The van der Waals surface area contributed by atoms with Crippen LogP contribution < -0.4 is 14.5 Å². The van der Waals surface area contributed by atoms with Crippen molar-refractivity contribution in [3.8, 4) is 6.01 Å². The van der Waals surface area contributed by atoms with Crippen LogP contribution in [0.2, 0.25) is 0 Å². The number of aryl methyl sites for hydroxylation is 1. The van der Waals surface area contributed by atoms with E-state index in [4.69, 9.17) is 14.7 Å². The molecule has 9 heteroatoms. The number of hydrogen-bond acceptors (Lipinski definition) is 7. The average Bonchev–Trinajstić information content (AvgIpc) is 3.42. The van der Waals surface area contributed by atoms with Crippen LogP contribution in [0, 0.1) is 6.92 Å². The van der Waals surface area contributed by atoms with Crippen molar-refractivity contribution in [2.24, 2.45) is 0 Å². The molecule has 8 nitrogen and oxygen atoms in total. The fourth-order valence-corrected chi connectivity index (χ4v) is 6.44. The van der Waals surface area contributed by atoms with Crippen molar-refractivity contribution in [3.63, 3.8) is 0 Å². The third-order valence-corrected chi connectivity index (χ3v) is 8.77. The van der Waals surface area contributed by atoms with Crippen molar-refractivity contribution in [2.75, 3.05) is 69.4 Å². The molecule has 1 amide bonds. The molecule has 41 heavy (non-hydrogen) atoms. The van der Waals surface area contributed by atoms with E-state index in [0.717, 1.165) is 37.4 Å². The Labute approximate surface area is 241 Å². The number of carbonyl (C=O) groups is 1. The first-order valence-electron chi connectivity index (χ1n) is 14.7. The number of likely N-dealkylation sites (N-methyl/N-ethyl adjacent to an activating group) is 1. The number of fused-ring (bicyclic) bond motifs is 2. The Morgan fingerprint density at radius 2 is 1.85 bits per heavy atom. The fraction of sp³-hybridized carbons (Fsp3) is 0.469. The molecule has 3 aliphatic rings. The summed E-state index contributed by atoms with van der Waals surface area (Å²) in [5.74, 6) is 0.780. The number of allylic oxidation sites excluding steroid dienone is 1. The van der Waals surface area contributed by atoms with E-state index >= 15 is 0 Å². The summed E-state index contributed by atoms with van der Waals surface area (Å²) < 4.78 is 18.8. The summed E-state index contributed by atoms with van der Waals surface area (Å²) in [4.78, 5) is 31.2. The van der Waals surface area contributed by atoms with Gasteiger partial charge in [-0.3, -0.25) is 4.79 Å². The summed E-state index contributed by atoms with van der Waals surface area (Å²) in [6, 6.07) is 13.8. The minimum absolute atomic E-state index is 0.141. The lowest BCUT2D eigenvalue weighted by molar-refractivity contribution is -0.126. The number of benzene rings is 2. The van der Waals surface area contributed by atoms with Crippen molar-refractivity contribution in [3.05, 3.63) is 65.4 Å². The van der Waals surface area contributed by atoms with Gasteiger partial charge in [0.1, 0.15) is 19.1 Å². The lowest BCUT2D eigenvalue weighted by Gasteiger charge is -2.38. The highest BCUT2D eigenvalue weighted by Crippen LogP contribution is 2.35. The van der Waals surface area contributed by atoms with Crippen molar-refractivity contribution in [1.29, 1.82) is 0 Å². The molecule has 0 N–H and O–H groups in total. The number of aromatic nitrogens is 2. The Balaban J connectivity index is 1.28. The summed E-state index contributed by atoms with van der Waals surface area (Å²) in [6.07, 6.45) is 5.73. The van der Waals surface area contributed by atoms with E-state index in [1.54, 1.807) is 4.90 Å². The van der Waals surface area contributed by atoms with E-state index in [1.165, 1.54) is 46.2 Å². The monoisotopic (exact) mass is 558 g/mol. The first-order valence-corrected chi connectivity index (χ1v) is 14.7. The lowest BCUT2D eigenvalue weighted by atomic mass is 9.99. The molecule has 3 aromatic rings. The molecule has 216 valence electrons. The van der Waals surface area contributed by atoms with Crippen LogP contribution in [-0.4, -0.2) is 91.3 Å². The zero-order valence-electron chi connectivity index (χ0n) is 24.1. The van der Waals surface area contributed by atoms with E-state index in [-0.39, 0.29) is 5.91 Å². The number of carbonyl (C=O) groups excluding carboxylic acids is 1. The van der Waals surface area contributed by atoms with Gasteiger partial charge in [-0.1, -0.05) is 30.3 Å². The predicted octanol–water partition coefficient (Wildman–Crippen LogP) is 4.15. The third-order valence-electron chi connectivity index (χ3n) is 8.77. The highest BCUT2D eigenvalue weighted by Gasteiger charge is 2.30. The molecule has 0 spiro atoms. The second kappa shape index (κ2) is 12.0. The molecule has 2 aromatic carbocycles. The summed E-state index contributed by atoms with van der Waals surface area (Å²) in [5, 5.41) is 2.53. The van der Waals surface area contributed by atoms with Gasteiger partial charge in [-0.05, 0) is 62.9 Å². The van der Waals surface area contributed by atoms with Gasteiger partial charge in [0.25, 0.3) is 0 Å². The standard InChI is InChI=1S/C32H39FN6O2/c1-23-7-3-8-24-9-4-11-28(30(23)24)39-16-13-26-27(21-39)34-32(41-22-25-10-6-15-36(25)2)35-31(26)38-19-17-37(18-20-38)29(40)12-5-14-33/h3-5,7-9,11-12,25H,6,10,13-22H2,1-2H3/b12-5+. The van der Waals surface area contributed by atoms with Gasteiger partial charge in [-0.15, -0.1) is 0 Å². The van der Waals surface area contributed by atoms with Crippen LogP contribution >= 0.6 is 0 Å². The SMILES string of the molecule is Cc1cccc2cccc(N3CCc4c(nc(OCC5CCCN5C)nc4N4CCN(C(=O)/C=C/CF)CC4)C3)c12. The minimum atomic E-state index is -0.631. The number of hydrogen-bond donors (Lipinski definition) is 0. The van der Waals surface area contributed by atoms with Gasteiger partial charge in [-0.25, -0.2) is 4.39 Å². The number of anilines is 2. The normalized spacial score (nSPS) is 19.8. The Kier molecular flexibility index (Phi) is 8.05. The van der Waals surface area contributed by atoms with Crippen LogP contribution in [-0.2, 0) is 17.8 Å². The molecule has 0 aliphatic carbocycles. The van der Waals surface area contributed by atoms with Gasteiger partial charge in [0.15, 0.2) is 0 Å². The van der Waals surface area contributed by atoms with Gasteiger partial charge in [-0.2, -0.15) is 9.97 Å². The summed E-state index contributed by atoms with van der Waals surface area (Å²) in [7, 11) is 2.15. The number of ether oxygens (including phenoxy) is 1. The number of amides is 1. The Morgan fingerprint density at radius 1 is 1.05 bits per heavy atom. The van der Waals surface area contributed by atoms with Crippen molar-refractivity contribution >= 4 is 28.2 Å². The van der Waals surface area contributed by atoms with E-state index < -0.39 is 6.67 Å². The van der Waals surface area contributed by atoms with E-state index in [9.17, 15) is 9.18 Å². The fourth-order valence-electron chi connectivity index (χ4n) is 6.44. The van der Waals surface area contributed by atoms with Crippen molar-refractivity contribution in [1.82, 2.24) is 19.8 Å². The largest absolute Gasteiger partial charge is 0.462 e. The van der Waals surface area contributed by atoms with Crippen LogP contribution in [0.15, 0.2) is 48.6 Å². The number of piperazine rings is 1. The second-order valence-electron chi connectivity index (χ2n) is 11.3. The molecule has 0 saturated carbocycles. The van der Waals surface area contributed by atoms with Gasteiger partial charge < -0.3 is 24.3 Å². The summed E-state index contributed by atoms with van der Waals surface area (Å²) in [5.41, 5.74) is 4.67. The first kappa shape index (κ1) is 27.4. The zero-order chi connectivity index (χ0) is 28.3. The Hall–Kier alpha value is -3.72. The number of alkyl halides is 1. The number of nitrogens with zero attached hydrogens (tertiary/aromatic N) is 6. The van der Waals surface area contributed by atoms with Crippen LogP contribution in [0.3, 0.4) is 0 Å². The maximum Gasteiger partial charge on any atom is 0.318 e. The molecule has 4 heterocycles. The van der Waals surface area contributed by atoms with Crippen LogP contribution in [0.25, 0.3) is 10.8 Å². The van der Waals surface area contributed by atoms with Crippen LogP contribution in [0.4, 0.5) is 15.9 Å². The average molecular weight is 559 g/mol. The molecular formula is C32H39FN6O2. The highest BCUT2D eigenvalue weighted by atomic mass is 19.1. The Bertz CT molecular complexity index is 1430. The topological polar surface area (TPSA) is 65.0 Å². The molecule has 2 saturated heterocycles. The zero-order valence-corrected chi connectivity index (χ0v) is 24.1. The Morgan fingerprint density at radius 3 is 2.61 bits per heavy atom. The molecule has 1 aromatic heterocycles. The second-order valence-corrected chi connectivity index (χ2v) is 11.3. The molecule has 2 fully saturated rings. The molecule has 6 rings (SSSR count). The smallest absolute Gasteiger partial charge is 0.318 e. The molecule has 1 unspecified atom stereocenters. The van der Waals surface area contributed by atoms with E-state index in [2.05, 4.69) is 65.1 Å². The first-order chi connectivity index (χ1) is 20.0. The maximum absolute atomic E-state index is 12.5. The minimum Gasteiger partial charge on any atom is -0.462 e. The van der Waals surface area contributed by atoms with Crippen molar-refractivity contribution in [2.45, 2.75) is 38.8 Å². The maximum atomic E-state index is 12.5. The molecule has 3 aliphatic heterocycles. The third kappa shape index (κ3) is 5.73. The molecule has 0 bridgehead atoms. The predicted molar refractivity (Wildman–Crippen MR) is 161 cm³/mol. The van der Waals surface area contributed by atoms with Gasteiger partial charge in [0.05, 0.1) is 12.2 Å². The van der Waals surface area contributed by atoms with Gasteiger partial charge in [0.2, 0.25) is 5.91 Å². The van der Waals surface area contributed by atoms with Crippen LogP contribution in [0.1, 0.15) is 29.7 Å². The van der Waals surface area contributed by atoms with E-state index in [0.29, 0.717) is 51.4 Å². The molecular weight excluding hydrogens is 519 g/mol. The van der Waals surface area contributed by atoms with Crippen LogP contribution in [0.5, 0.6) is 6.01 Å². The lowest BCUT2D eigenvalue weighted by Crippen LogP contribution is -2.49. The molecule has 1 atom stereocenters. The van der Waals surface area contributed by atoms with Gasteiger partial charge in [0, 0.05) is 61.5 Å². The van der Waals surface area contributed by atoms with Gasteiger partial charge >= 0.3 is 6.01 Å². The van der Waals surface area contributed by atoms with E-state index in [1.807, 2.05) is 0 Å². The number of halogens is 1. The molecule has 0 radical (unpaired) electrons. The number of rotatable bonds is 7. The number of likely N-dealkylation sites (tertiary alicyclic amines) is 1. The quantitative estimate of drug-likeness (QED) is 0.404. The summed E-state index contributed by atoms with van der Waals surface area (Å²) >= 11 is 0. The summed E-state index contributed by atoms with van der Waals surface area (Å²) in [6.45, 7) is 7.22. The van der Waals surface area contributed by atoms with Crippen molar-refractivity contribution < 1.29 is 13.9 Å².